The molecule has 29 heavy (non-hydrogen) atoms. The van der Waals surface area contributed by atoms with Gasteiger partial charge in [-0.1, -0.05) is 0 Å². The maximum Gasteiger partial charge on any atom is 0.312 e. The average molecular weight is 400 g/mol. The van der Waals surface area contributed by atoms with E-state index in [0.29, 0.717) is 34.9 Å². The Morgan fingerprint density at radius 3 is 2.21 bits per heavy atom. The summed E-state index contributed by atoms with van der Waals surface area (Å²) in [5, 5.41) is 5.37. The molecule has 4 bridgehead atoms. The molecule has 0 radical (unpaired) electrons. The van der Waals surface area contributed by atoms with Gasteiger partial charge in [0.2, 0.25) is 5.91 Å². The summed E-state index contributed by atoms with van der Waals surface area (Å²) in [5.41, 5.74) is 0.576. The van der Waals surface area contributed by atoms with E-state index in [0.717, 1.165) is 19.3 Å². The van der Waals surface area contributed by atoms with E-state index in [1.54, 1.807) is 18.2 Å². The van der Waals surface area contributed by atoms with Gasteiger partial charge in [0.05, 0.1) is 18.2 Å². The van der Waals surface area contributed by atoms with Gasteiger partial charge in [0.25, 0.3) is 5.91 Å². The van der Waals surface area contributed by atoms with E-state index >= 15 is 0 Å². The number of rotatable bonds is 6. The van der Waals surface area contributed by atoms with Crippen LogP contribution in [0.1, 0.15) is 45.4 Å². The molecule has 0 atom stereocenters. The summed E-state index contributed by atoms with van der Waals surface area (Å²) in [6.07, 6.45) is 6.47. The molecule has 0 saturated heterocycles. The first-order valence-electron chi connectivity index (χ1n) is 10.3. The predicted octanol–water partition coefficient (Wildman–Crippen LogP) is 3.35. The van der Waals surface area contributed by atoms with E-state index in [-0.39, 0.29) is 23.9 Å². The molecule has 0 unspecified atom stereocenters. The Hall–Kier alpha value is -2.57. The normalized spacial score (nSPS) is 29.2. The summed E-state index contributed by atoms with van der Waals surface area (Å²) in [5.74, 6) is 1.53. The maximum atomic E-state index is 12.9. The number of carbonyl (C=O) groups excluding carboxylic acids is 3. The number of ether oxygens (including phenoxy) is 2. The molecule has 0 spiro atoms. The van der Waals surface area contributed by atoms with E-state index in [4.69, 9.17) is 9.47 Å². The number of amides is 2. The number of anilines is 2. The van der Waals surface area contributed by atoms with Gasteiger partial charge in [-0.15, -0.1) is 0 Å². The minimum absolute atomic E-state index is 0.211. The molecule has 1 aromatic rings. The molecular weight excluding hydrogens is 372 g/mol. The van der Waals surface area contributed by atoms with E-state index in [9.17, 15) is 14.4 Å². The molecule has 0 aromatic heterocycles. The van der Waals surface area contributed by atoms with Gasteiger partial charge < -0.3 is 20.1 Å². The molecule has 7 nitrogen and oxygen atoms in total. The Bertz CT molecular complexity index is 799. The highest BCUT2D eigenvalue weighted by molar-refractivity contribution is 5.96. The number of carbonyl (C=O) groups is 3. The summed E-state index contributed by atoms with van der Waals surface area (Å²) < 4.78 is 10.7. The Morgan fingerprint density at radius 2 is 1.66 bits per heavy atom. The monoisotopic (exact) mass is 400 g/mol. The van der Waals surface area contributed by atoms with Crippen LogP contribution in [0.25, 0.3) is 0 Å². The van der Waals surface area contributed by atoms with Crippen molar-refractivity contribution in [3.63, 3.8) is 0 Å². The molecule has 7 heteroatoms. The maximum absolute atomic E-state index is 12.9. The third kappa shape index (κ3) is 4.09. The quantitative estimate of drug-likeness (QED) is 0.714. The molecule has 0 aliphatic heterocycles. The van der Waals surface area contributed by atoms with Gasteiger partial charge >= 0.3 is 5.97 Å². The lowest BCUT2D eigenvalue weighted by Crippen LogP contribution is -2.50. The second kappa shape index (κ2) is 7.69. The van der Waals surface area contributed by atoms with Crippen molar-refractivity contribution in [2.24, 2.45) is 23.2 Å². The molecule has 4 aliphatic rings. The fraction of sp³-hybridized carbons (Fsp3) is 0.591. The molecule has 2 amide bonds. The number of hydrogen-bond donors (Lipinski definition) is 2. The number of nitrogens with one attached hydrogen (secondary N) is 2. The third-order valence-corrected chi connectivity index (χ3v) is 6.60. The summed E-state index contributed by atoms with van der Waals surface area (Å²) in [4.78, 5) is 36.5. The van der Waals surface area contributed by atoms with Gasteiger partial charge in [-0.3, -0.25) is 14.4 Å². The summed E-state index contributed by atoms with van der Waals surface area (Å²) in [6.45, 7) is 1.08. The Kier molecular flexibility index (Phi) is 5.23. The summed E-state index contributed by atoms with van der Waals surface area (Å²) >= 11 is 0. The second-order valence-electron chi connectivity index (χ2n) is 8.92. The van der Waals surface area contributed by atoms with Crippen molar-refractivity contribution in [1.82, 2.24) is 0 Å². The van der Waals surface area contributed by atoms with Crippen LogP contribution >= 0.6 is 0 Å². The average Bonchev–Trinajstić information content (AvgIpc) is 2.65. The number of methoxy groups -OCH3 is 1. The van der Waals surface area contributed by atoms with Crippen molar-refractivity contribution in [3.8, 4) is 5.75 Å². The number of hydrogen-bond acceptors (Lipinski definition) is 5. The Morgan fingerprint density at radius 1 is 1.03 bits per heavy atom. The van der Waals surface area contributed by atoms with E-state index in [1.807, 2.05) is 0 Å². The Balaban J connectivity index is 1.37. The predicted molar refractivity (Wildman–Crippen MR) is 107 cm³/mol. The van der Waals surface area contributed by atoms with Crippen LogP contribution in [0.4, 0.5) is 11.4 Å². The lowest BCUT2D eigenvalue weighted by Gasteiger charge is -2.55. The zero-order valence-corrected chi connectivity index (χ0v) is 17.0. The molecule has 4 aliphatic carbocycles. The highest BCUT2D eigenvalue weighted by Gasteiger charge is 2.55. The van der Waals surface area contributed by atoms with Crippen molar-refractivity contribution in [2.45, 2.75) is 45.4 Å². The van der Waals surface area contributed by atoms with E-state index in [2.05, 4.69) is 10.6 Å². The first kappa shape index (κ1) is 19.7. The minimum Gasteiger partial charge on any atom is -0.495 e. The highest BCUT2D eigenvalue weighted by Crippen LogP contribution is 2.60. The van der Waals surface area contributed by atoms with Crippen LogP contribution in [-0.2, 0) is 19.1 Å². The van der Waals surface area contributed by atoms with Crippen LogP contribution in [0.2, 0.25) is 0 Å². The molecule has 0 heterocycles. The second-order valence-corrected chi connectivity index (χ2v) is 8.92. The highest BCUT2D eigenvalue weighted by atomic mass is 16.5. The lowest BCUT2D eigenvalue weighted by molar-refractivity contribution is -0.172. The van der Waals surface area contributed by atoms with Crippen LogP contribution < -0.4 is 15.4 Å². The van der Waals surface area contributed by atoms with Crippen molar-refractivity contribution in [3.05, 3.63) is 18.2 Å². The number of benzene rings is 1. The summed E-state index contributed by atoms with van der Waals surface area (Å²) in [7, 11) is 1.50. The van der Waals surface area contributed by atoms with Crippen LogP contribution in [0.15, 0.2) is 18.2 Å². The van der Waals surface area contributed by atoms with Crippen molar-refractivity contribution < 1.29 is 23.9 Å². The van der Waals surface area contributed by atoms with Gasteiger partial charge in [0, 0.05) is 12.6 Å². The van der Waals surface area contributed by atoms with Gasteiger partial charge in [-0.25, -0.2) is 0 Å². The van der Waals surface area contributed by atoms with Crippen LogP contribution in [0, 0.1) is 23.2 Å². The van der Waals surface area contributed by atoms with Gasteiger partial charge in [-0.05, 0) is 74.5 Å². The van der Waals surface area contributed by atoms with Crippen molar-refractivity contribution in [2.75, 3.05) is 24.4 Å². The zero-order chi connectivity index (χ0) is 20.6. The van der Waals surface area contributed by atoms with Crippen LogP contribution in [0.5, 0.6) is 5.75 Å². The molecule has 4 saturated carbocycles. The fourth-order valence-electron chi connectivity index (χ4n) is 5.92. The van der Waals surface area contributed by atoms with E-state index < -0.39 is 5.91 Å². The van der Waals surface area contributed by atoms with Gasteiger partial charge in [-0.2, -0.15) is 0 Å². The minimum atomic E-state index is -0.429. The topological polar surface area (TPSA) is 93.7 Å². The van der Waals surface area contributed by atoms with Gasteiger partial charge in [0.15, 0.2) is 6.61 Å². The SMILES string of the molecule is COc1ccc(NC(C)=O)cc1NC(=O)COC(=O)C12CC3CC(CC(C3)C1)C2. The summed E-state index contributed by atoms with van der Waals surface area (Å²) in [6, 6.07) is 4.95. The van der Waals surface area contributed by atoms with Crippen molar-refractivity contribution >= 4 is 29.2 Å². The smallest absolute Gasteiger partial charge is 0.312 e. The van der Waals surface area contributed by atoms with Crippen LogP contribution in [-0.4, -0.2) is 31.5 Å². The first-order chi connectivity index (χ1) is 13.9. The fourth-order valence-corrected chi connectivity index (χ4v) is 5.92. The molecule has 156 valence electrons. The zero-order valence-electron chi connectivity index (χ0n) is 17.0. The Labute approximate surface area is 170 Å². The lowest BCUT2D eigenvalue weighted by atomic mass is 9.49. The molecule has 2 N–H and O–H groups in total. The van der Waals surface area contributed by atoms with E-state index in [1.165, 1.54) is 33.3 Å². The molecular formula is C22H28N2O5. The van der Waals surface area contributed by atoms with Crippen molar-refractivity contribution in [1.29, 1.82) is 0 Å². The molecule has 4 fully saturated rings. The first-order valence-corrected chi connectivity index (χ1v) is 10.3. The largest absolute Gasteiger partial charge is 0.495 e. The molecule has 1 aromatic carbocycles. The van der Waals surface area contributed by atoms with Gasteiger partial charge in [0.1, 0.15) is 5.75 Å². The van der Waals surface area contributed by atoms with Crippen LogP contribution in [0.3, 0.4) is 0 Å². The standard InChI is InChI=1S/C22H28N2O5/c1-13(25)23-17-3-4-19(28-2)18(8-17)24-20(26)12-29-21(27)22-9-14-5-15(10-22)7-16(6-14)11-22/h3-4,8,14-16H,5-7,9-12H2,1-2H3,(H,23,25)(H,24,26). The number of esters is 1. The molecule has 5 rings (SSSR count). The third-order valence-electron chi connectivity index (χ3n) is 6.60.